The summed E-state index contributed by atoms with van der Waals surface area (Å²) in [5, 5.41) is 2.16. The van der Waals surface area contributed by atoms with Crippen molar-refractivity contribution in [1.82, 2.24) is 20.9 Å². The van der Waals surface area contributed by atoms with Crippen molar-refractivity contribution < 1.29 is 28.7 Å². The van der Waals surface area contributed by atoms with Crippen molar-refractivity contribution in [2.24, 2.45) is 0 Å². The molecule has 0 radical (unpaired) electrons. The van der Waals surface area contributed by atoms with E-state index < -0.39 is 35.5 Å². The molecule has 10 heteroatoms. The van der Waals surface area contributed by atoms with Gasteiger partial charge in [0.25, 0.3) is 0 Å². The summed E-state index contributed by atoms with van der Waals surface area (Å²) in [7, 11) is 0. The van der Waals surface area contributed by atoms with Gasteiger partial charge in [-0.15, -0.1) is 0 Å². The molecule has 1 aromatic carbocycles. The Hall–Kier alpha value is -3.14. The van der Waals surface area contributed by atoms with E-state index >= 15 is 0 Å². The number of carbonyl (C=O) groups excluding carboxylic acids is 4. The maximum absolute atomic E-state index is 13.1. The molecule has 0 aliphatic carbocycles. The summed E-state index contributed by atoms with van der Waals surface area (Å²) in [5.41, 5.74) is 5.45. The largest absolute Gasteiger partial charge is 0.461 e. The predicted molar refractivity (Wildman–Crippen MR) is 115 cm³/mol. The van der Waals surface area contributed by atoms with Crippen LogP contribution in [-0.2, 0) is 30.5 Å². The number of hydrazine groups is 2. The molecule has 1 aliphatic rings. The third kappa shape index (κ3) is 8.18. The van der Waals surface area contributed by atoms with Gasteiger partial charge < -0.3 is 9.47 Å². The summed E-state index contributed by atoms with van der Waals surface area (Å²) in [4.78, 5) is 49.6. The van der Waals surface area contributed by atoms with E-state index in [1.54, 1.807) is 20.8 Å². The summed E-state index contributed by atoms with van der Waals surface area (Å²) in [6.07, 6.45) is 0.962. The van der Waals surface area contributed by atoms with Gasteiger partial charge in [-0.05, 0) is 39.2 Å². The van der Waals surface area contributed by atoms with E-state index in [0.717, 1.165) is 15.6 Å². The number of nitrogens with zero attached hydrogens (tertiary/aromatic N) is 2. The van der Waals surface area contributed by atoms with Crippen LogP contribution in [-0.4, -0.2) is 58.6 Å². The van der Waals surface area contributed by atoms with Crippen LogP contribution in [0.3, 0.4) is 0 Å². The fourth-order valence-electron chi connectivity index (χ4n) is 3.06. The van der Waals surface area contributed by atoms with Crippen molar-refractivity contribution in [2.75, 3.05) is 13.1 Å². The third-order valence-electron chi connectivity index (χ3n) is 4.44. The molecule has 1 fully saturated rings. The molecule has 10 nitrogen and oxygen atoms in total. The molecular formula is C22H32N4O6. The lowest BCUT2D eigenvalue weighted by molar-refractivity contribution is -0.163. The smallest absolute Gasteiger partial charge is 0.353 e. The van der Waals surface area contributed by atoms with Crippen molar-refractivity contribution in [1.29, 1.82) is 0 Å². The monoisotopic (exact) mass is 448 g/mol. The van der Waals surface area contributed by atoms with Crippen LogP contribution < -0.4 is 10.9 Å². The van der Waals surface area contributed by atoms with E-state index in [1.165, 1.54) is 6.92 Å². The van der Waals surface area contributed by atoms with E-state index in [-0.39, 0.29) is 19.6 Å². The van der Waals surface area contributed by atoms with Crippen molar-refractivity contribution in [3.05, 3.63) is 35.9 Å². The minimum Gasteiger partial charge on any atom is -0.461 e. The first-order valence-corrected chi connectivity index (χ1v) is 10.6. The Morgan fingerprint density at radius 1 is 1.19 bits per heavy atom. The highest BCUT2D eigenvalue weighted by Gasteiger charge is 2.37. The maximum atomic E-state index is 13.1. The molecule has 0 bridgehead atoms. The van der Waals surface area contributed by atoms with Crippen LogP contribution >= 0.6 is 0 Å². The molecule has 0 aromatic heterocycles. The maximum Gasteiger partial charge on any atom is 0.353 e. The van der Waals surface area contributed by atoms with Crippen molar-refractivity contribution in [3.63, 3.8) is 0 Å². The molecule has 1 aliphatic heterocycles. The molecular weight excluding hydrogens is 416 g/mol. The summed E-state index contributed by atoms with van der Waals surface area (Å²) >= 11 is 0. The molecule has 1 aromatic rings. The molecule has 0 unspecified atom stereocenters. The van der Waals surface area contributed by atoms with Crippen LogP contribution in [0, 0.1) is 0 Å². The van der Waals surface area contributed by atoms with Crippen LogP contribution in [0.15, 0.2) is 30.3 Å². The number of hydrogen-bond acceptors (Lipinski definition) is 7. The quantitative estimate of drug-likeness (QED) is 0.504. The number of hydrogen-bond donors (Lipinski definition) is 2. The lowest BCUT2D eigenvalue weighted by atomic mass is 10.1. The van der Waals surface area contributed by atoms with Crippen LogP contribution in [0.1, 0.15) is 52.5 Å². The zero-order valence-corrected chi connectivity index (χ0v) is 19.1. The first-order valence-electron chi connectivity index (χ1n) is 10.6. The summed E-state index contributed by atoms with van der Waals surface area (Å²) in [6, 6.07) is 7.70. The highest BCUT2D eigenvalue weighted by Crippen LogP contribution is 2.18. The Kier molecular flexibility index (Phi) is 9.01. The van der Waals surface area contributed by atoms with Gasteiger partial charge in [-0.3, -0.25) is 15.0 Å². The Morgan fingerprint density at radius 2 is 1.88 bits per heavy atom. The van der Waals surface area contributed by atoms with E-state index in [0.29, 0.717) is 19.4 Å². The van der Waals surface area contributed by atoms with Crippen LogP contribution in [0.2, 0.25) is 0 Å². The minimum atomic E-state index is -0.850. The zero-order valence-electron chi connectivity index (χ0n) is 19.1. The second-order valence-corrected chi connectivity index (χ2v) is 8.47. The van der Waals surface area contributed by atoms with Gasteiger partial charge in [0.05, 0.1) is 13.0 Å². The molecule has 2 N–H and O–H groups in total. The average molecular weight is 449 g/mol. The molecule has 1 saturated heterocycles. The Labute approximate surface area is 188 Å². The van der Waals surface area contributed by atoms with Gasteiger partial charge in [0, 0.05) is 13.5 Å². The lowest BCUT2D eigenvalue weighted by Gasteiger charge is -2.38. The molecule has 32 heavy (non-hydrogen) atoms. The third-order valence-corrected chi connectivity index (χ3v) is 4.44. The van der Waals surface area contributed by atoms with E-state index in [2.05, 4.69) is 10.9 Å². The lowest BCUT2D eigenvalue weighted by Crippen LogP contribution is -2.63. The SMILES string of the molecule is CC(=O)NN(CCC(=O)OCc1ccccc1)C(=O)N1NCCC[C@H]1C(=O)OC(C)(C)C. The van der Waals surface area contributed by atoms with Gasteiger partial charge >= 0.3 is 18.0 Å². The topological polar surface area (TPSA) is 117 Å². The van der Waals surface area contributed by atoms with Crippen LogP contribution in [0.5, 0.6) is 0 Å². The van der Waals surface area contributed by atoms with Crippen molar-refractivity contribution in [3.8, 4) is 0 Å². The highest BCUT2D eigenvalue weighted by molar-refractivity contribution is 5.85. The number of esters is 2. The summed E-state index contributed by atoms with van der Waals surface area (Å²) < 4.78 is 10.7. The first-order chi connectivity index (χ1) is 15.1. The standard InChI is InChI=1S/C22H32N4O6/c1-16(27)24-25(14-12-19(28)31-15-17-9-6-5-7-10-17)21(30)26-18(11-8-13-23-26)20(29)32-22(2,3)4/h5-7,9-10,18,23H,8,11-15H2,1-4H3,(H,24,27)/t18-/m0/s1. The predicted octanol–water partition coefficient (Wildman–Crippen LogP) is 1.90. The van der Waals surface area contributed by atoms with Gasteiger partial charge in [-0.1, -0.05) is 30.3 Å². The number of amides is 3. The number of ether oxygens (including phenoxy) is 2. The molecule has 0 saturated carbocycles. The summed E-state index contributed by atoms with van der Waals surface area (Å²) in [5.74, 6) is -1.54. The van der Waals surface area contributed by atoms with Crippen molar-refractivity contribution >= 4 is 23.9 Å². The van der Waals surface area contributed by atoms with E-state index in [9.17, 15) is 19.2 Å². The van der Waals surface area contributed by atoms with E-state index in [4.69, 9.17) is 9.47 Å². The molecule has 1 atom stereocenters. The van der Waals surface area contributed by atoms with Gasteiger partial charge in [0.15, 0.2) is 0 Å². The molecule has 2 rings (SSSR count). The fourth-order valence-corrected chi connectivity index (χ4v) is 3.06. The van der Waals surface area contributed by atoms with E-state index in [1.807, 2.05) is 30.3 Å². The fraction of sp³-hybridized carbons (Fsp3) is 0.545. The highest BCUT2D eigenvalue weighted by atomic mass is 16.6. The molecule has 3 amide bonds. The minimum absolute atomic E-state index is 0.113. The van der Waals surface area contributed by atoms with Gasteiger partial charge in [-0.25, -0.2) is 25.0 Å². The van der Waals surface area contributed by atoms with Crippen molar-refractivity contribution in [2.45, 2.75) is 65.2 Å². The Morgan fingerprint density at radius 3 is 2.50 bits per heavy atom. The van der Waals surface area contributed by atoms with Crippen LogP contribution in [0.25, 0.3) is 0 Å². The second-order valence-electron chi connectivity index (χ2n) is 8.47. The number of urea groups is 1. The Bertz CT molecular complexity index is 808. The Balaban J connectivity index is 2.01. The zero-order chi connectivity index (χ0) is 23.7. The molecule has 176 valence electrons. The van der Waals surface area contributed by atoms with Gasteiger partial charge in [-0.2, -0.15) is 0 Å². The molecule has 1 heterocycles. The number of benzene rings is 1. The van der Waals surface area contributed by atoms with Crippen LogP contribution in [0.4, 0.5) is 4.79 Å². The second kappa shape index (κ2) is 11.5. The first kappa shape index (κ1) is 25.1. The average Bonchev–Trinajstić information content (AvgIpc) is 2.74. The molecule has 0 spiro atoms. The number of carbonyl (C=O) groups is 4. The van der Waals surface area contributed by atoms with Gasteiger partial charge in [0.1, 0.15) is 18.2 Å². The number of rotatable bonds is 6. The van der Waals surface area contributed by atoms with Gasteiger partial charge in [0.2, 0.25) is 5.91 Å². The normalized spacial score (nSPS) is 16.1. The summed E-state index contributed by atoms with van der Waals surface area (Å²) in [6.45, 7) is 6.97. The number of nitrogens with one attached hydrogen (secondary N) is 2.